The van der Waals surface area contributed by atoms with Gasteiger partial charge in [0, 0.05) is 19.3 Å². The van der Waals surface area contributed by atoms with Crippen LogP contribution in [0.5, 0.6) is 0 Å². The molecule has 0 radical (unpaired) electrons. The molecule has 6 rings (SSSR count). The average Bonchev–Trinajstić information content (AvgIpc) is 3.11. The number of allylic oxidation sites excluding steroid dienone is 2. The summed E-state index contributed by atoms with van der Waals surface area (Å²) in [7, 11) is 0. The number of fused-ring (bicyclic) bond motifs is 1. The summed E-state index contributed by atoms with van der Waals surface area (Å²) in [6, 6.07) is 0. The number of hydrogen-bond acceptors (Lipinski definition) is 19. The number of Topliss-reactive ketones (excluding diaryl/α,β-unsaturated/α-hetero) is 1. The SMILES string of the molecule is CC1OC(OC2CC(O)C3C(=O)C(OC4OC(CO)C(O)C(O)C4OC4OC(C)C(O)C(O)C4O)C(C4CC=C(O)CC4)OC3C2)C(O)C(O)C1O. The topological polar surface area (TPSA) is 304 Å². The first-order valence-corrected chi connectivity index (χ1v) is 17.8. The largest absolute Gasteiger partial charge is 0.513 e. The van der Waals surface area contributed by atoms with Gasteiger partial charge in [-0.25, -0.2) is 0 Å². The van der Waals surface area contributed by atoms with E-state index in [2.05, 4.69) is 0 Å². The van der Waals surface area contributed by atoms with E-state index in [1.807, 2.05) is 0 Å². The summed E-state index contributed by atoms with van der Waals surface area (Å²) < 4.78 is 41.5. The molecule has 4 saturated heterocycles. The second kappa shape index (κ2) is 16.3. The van der Waals surface area contributed by atoms with Gasteiger partial charge in [-0.1, -0.05) is 0 Å². The Labute approximate surface area is 298 Å². The zero-order valence-electron chi connectivity index (χ0n) is 28.7. The first-order valence-electron chi connectivity index (χ1n) is 17.8. The molecule has 298 valence electrons. The van der Waals surface area contributed by atoms with Crippen LogP contribution in [-0.2, 0) is 38.0 Å². The highest BCUT2D eigenvalue weighted by molar-refractivity contribution is 5.88. The molecule has 1 saturated carbocycles. The van der Waals surface area contributed by atoms with Crippen molar-refractivity contribution in [1.82, 2.24) is 0 Å². The average molecular weight is 753 g/mol. The van der Waals surface area contributed by atoms with Crippen LogP contribution in [0.25, 0.3) is 0 Å². The highest BCUT2D eigenvalue weighted by Gasteiger charge is 2.57. The zero-order valence-corrected chi connectivity index (χ0v) is 28.7. The predicted molar refractivity (Wildman–Crippen MR) is 168 cm³/mol. The van der Waals surface area contributed by atoms with Gasteiger partial charge in [0.05, 0.1) is 54.9 Å². The van der Waals surface area contributed by atoms with Crippen LogP contribution in [0.15, 0.2) is 11.8 Å². The van der Waals surface area contributed by atoms with Crippen LogP contribution in [0.2, 0.25) is 0 Å². The van der Waals surface area contributed by atoms with Crippen LogP contribution in [0.1, 0.15) is 46.0 Å². The van der Waals surface area contributed by atoms with Crippen LogP contribution in [-0.4, -0.2) is 191 Å². The van der Waals surface area contributed by atoms with E-state index in [1.54, 1.807) is 6.08 Å². The monoisotopic (exact) mass is 752 g/mol. The van der Waals surface area contributed by atoms with E-state index in [-0.39, 0.29) is 31.4 Å². The third-order valence-electron chi connectivity index (χ3n) is 11.3. The lowest BCUT2D eigenvalue weighted by Gasteiger charge is -2.51. The van der Waals surface area contributed by atoms with Gasteiger partial charge in [0.2, 0.25) is 0 Å². The van der Waals surface area contributed by atoms with Crippen LogP contribution in [0.4, 0.5) is 0 Å². The van der Waals surface area contributed by atoms with E-state index >= 15 is 0 Å². The maximum absolute atomic E-state index is 14.4. The van der Waals surface area contributed by atoms with Crippen molar-refractivity contribution in [1.29, 1.82) is 0 Å². The lowest BCUT2D eigenvalue weighted by Crippen LogP contribution is -2.66. The lowest BCUT2D eigenvalue weighted by atomic mass is 9.73. The van der Waals surface area contributed by atoms with Gasteiger partial charge in [-0.3, -0.25) is 4.79 Å². The van der Waals surface area contributed by atoms with Gasteiger partial charge in [0.25, 0.3) is 0 Å². The van der Waals surface area contributed by atoms with E-state index in [0.717, 1.165) is 0 Å². The Kier molecular flexibility index (Phi) is 12.6. The minimum atomic E-state index is -1.84. The van der Waals surface area contributed by atoms with Crippen LogP contribution >= 0.6 is 0 Å². The standard InChI is InChI=1S/C33H52O19/c1-10-19(37)23(41)26(44)31(46-10)48-14-7-15(36)18-16(8-14)49-28(12-3-5-13(35)6-4-12)29(22(18)40)51-33-30(25(43)21(39)17(9-34)50-33)52-32-27(45)24(42)20(38)11(2)47-32/h5,10-12,14-21,23-39,41-45H,3-4,6-9H2,1-2H3. The number of aliphatic hydroxyl groups excluding tert-OH is 11. The van der Waals surface area contributed by atoms with Crippen molar-refractivity contribution in [2.75, 3.05) is 6.61 Å². The summed E-state index contributed by atoms with van der Waals surface area (Å²) in [5.74, 6) is -2.03. The fourth-order valence-corrected chi connectivity index (χ4v) is 8.11. The van der Waals surface area contributed by atoms with Crippen molar-refractivity contribution >= 4 is 5.78 Å². The number of rotatable bonds is 8. The van der Waals surface area contributed by atoms with Crippen molar-refractivity contribution in [2.45, 2.75) is 169 Å². The first-order chi connectivity index (χ1) is 24.6. The highest BCUT2D eigenvalue weighted by atomic mass is 16.8. The fraction of sp³-hybridized carbons (Fsp3) is 0.909. The van der Waals surface area contributed by atoms with E-state index in [0.29, 0.717) is 6.42 Å². The number of ketones is 1. The Bertz CT molecular complexity index is 1260. The van der Waals surface area contributed by atoms with Gasteiger partial charge in [-0.15, -0.1) is 0 Å². The van der Waals surface area contributed by atoms with E-state index in [9.17, 15) is 61.0 Å². The number of carbonyl (C=O) groups excluding carboxylic acids is 1. The molecule has 4 heterocycles. The Morgan fingerprint density at radius 3 is 1.90 bits per heavy atom. The Balaban J connectivity index is 1.24. The predicted octanol–water partition coefficient (Wildman–Crippen LogP) is -4.41. The van der Waals surface area contributed by atoms with Gasteiger partial charge in [-0.2, -0.15) is 0 Å². The van der Waals surface area contributed by atoms with Gasteiger partial charge in [-0.05, 0) is 38.7 Å². The molecule has 0 spiro atoms. The molecule has 0 aromatic rings. The van der Waals surface area contributed by atoms with Gasteiger partial charge in [0.15, 0.2) is 24.7 Å². The second-order valence-corrected chi connectivity index (χ2v) is 14.8. The number of aliphatic hydroxyl groups is 11. The first kappa shape index (κ1) is 40.2. The molecule has 0 bridgehead atoms. The quantitative estimate of drug-likeness (QED) is 0.111. The highest BCUT2D eigenvalue weighted by Crippen LogP contribution is 2.43. The van der Waals surface area contributed by atoms with Crippen molar-refractivity contribution in [3.63, 3.8) is 0 Å². The minimum absolute atomic E-state index is 0.0521. The fourth-order valence-electron chi connectivity index (χ4n) is 8.11. The van der Waals surface area contributed by atoms with Gasteiger partial charge < -0.3 is 89.3 Å². The summed E-state index contributed by atoms with van der Waals surface area (Å²) >= 11 is 0. The molecule has 0 aromatic carbocycles. The molecule has 0 amide bonds. The second-order valence-electron chi connectivity index (χ2n) is 14.8. The smallest absolute Gasteiger partial charge is 0.188 e. The maximum Gasteiger partial charge on any atom is 0.188 e. The van der Waals surface area contributed by atoms with Gasteiger partial charge in [0.1, 0.15) is 67.1 Å². The maximum atomic E-state index is 14.4. The van der Waals surface area contributed by atoms with E-state index < -0.39 is 147 Å². The lowest BCUT2D eigenvalue weighted by molar-refractivity contribution is -0.373. The molecule has 22 unspecified atom stereocenters. The molecule has 19 nitrogen and oxygen atoms in total. The van der Waals surface area contributed by atoms with Crippen molar-refractivity contribution < 1.29 is 94.1 Å². The Morgan fingerprint density at radius 2 is 1.33 bits per heavy atom. The Morgan fingerprint density at radius 1 is 0.712 bits per heavy atom. The minimum Gasteiger partial charge on any atom is -0.513 e. The molecule has 6 aliphatic rings. The third kappa shape index (κ3) is 7.80. The molecule has 5 fully saturated rings. The zero-order chi connectivity index (χ0) is 37.8. The van der Waals surface area contributed by atoms with Crippen molar-refractivity contribution in [3.05, 3.63) is 11.8 Å². The summed E-state index contributed by atoms with van der Waals surface area (Å²) in [6.45, 7) is 2.13. The van der Waals surface area contributed by atoms with Crippen molar-refractivity contribution in [2.24, 2.45) is 11.8 Å². The van der Waals surface area contributed by atoms with Gasteiger partial charge >= 0.3 is 0 Å². The molecular weight excluding hydrogens is 700 g/mol. The van der Waals surface area contributed by atoms with Crippen LogP contribution in [0, 0.1) is 11.8 Å². The summed E-state index contributed by atoms with van der Waals surface area (Å²) in [4.78, 5) is 14.4. The van der Waals surface area contributed by atoms with Crippen LogP contribution in [0.3, 0.4) is 0 Å². The molecule has 4 aliphatic heterocycles. The molecule has 52 heavy (non-hydrogen) atoms. The summed E-state index contributed by atoms with van der Waals surface area (Å²) in [5, 5.41) is 115. The number of carbonyl (C=O) groups is 1. The molecule has 11 N–H and O–H groups in total. The summed E-state index contributed by atoms with van der Waals surface area (Å²) in [6.07, 6.45) is -26.0. The number of ether oxygens (including phenoxy) is 7. The molecule has 2 aliphatic carbocycles. The molecular formula is C33H52O19. The molecule has 0 aromatic heterocycles. The van der Waals surface area contributed by atoms with E-state index in [4.69, 9.17) is 33.2 Å². The van der Waals surface area contributed by atoms with E-state index in [1.165, 1.54) is 13.8 Å². The van der Waals surface area contributed by atoms with Crippen LogP contribution < -0.4 is 0 Å². The number of hydrogen-bond donors (Lipinski definition) is 11. The Hall–Kier alpha value is -1.47. The molecule has 19 heteroatoms. The normalized spacial score (nSPS) is 53.2. The third-order valence-corrected chi connectivity index (χ3v) is 11.3. The molecule has 22 atom stereocenters. The summed E-state index contributed by atoms with van der Waals surface area (Å²) in [5.41, 5.74) is 0. The van der Waals surface area contributed by atoms with Crippen molar-refractivity contribution in [3.8, 4) is 0 Å².